The maximum atomic E-state index is 9.62. The molecule has 0 aliphatic rings. The van der Waals surface area contributed by atoms with Crippen LogP contribution < -0.4 is 14.8 Å². The van der Waals surface area contributed by atoms with E-state index in [1.807, 2.05) is 12.1 Å². The van der Waals surface area contributed by atoms with E-state index in [4.69, 9.17) is 21.1 Å². The van der Waals surface area contributed by atoms with Crippen LogP contribution in [0, 0.1) is 0 Å². The fourth-order valence-electron chi connectivity index (χ4n) is 3.17. The SMILES string of the molecule is CCCN(C)CCCOc1cc2c(Nc3ccc(O)c(Cl)c3)ncnc2cc1OC. The van der Waals surface area contributed by atoms with Crippen LogP contribution in [0.5, 0.6) is 17.2 Å². The van der Waals surface area contributed by atoms with Gasteiger partial charge in [-0.15, -0.1) is 0 Å². The van der Waals surface area contributed by atoms with E-state index in [0.717, 1.165) is 36.8 Å². The second-order valence-corrected chi connectivity index (χ2v) is 7.45. The van der Waals surface area contributed by atoms with Gasteiger partial charge in [-0.2, -0.15) is 0 Å². The van der Waals surface area contributed by atoms with E-state index in [1.54, 1.807) is 19.2 Å². The number of hydrogen-bond donors (Lipinski definition) is 2. The molecule has 1 heterocycles. The molecule has 0 saturated heterocycles. The van der Waals surface area contributed by atoms with Crippen molar-refractivity contribution in [3.05, 3.63) is 41.7 Å². The molecule has 0 radical (unpaired) electrons. The highest BCUT2D eigenvalue weighted by molar-refractivity contribution is 6.32. The van der Waals surface area contributed by atoms with Crippen LogP contribution in [0.2, 0.25) is 5.02 Å². The Morgan fingerprint density at radius 2 is 1.97 bits per heavy atom. The van der Waals surface area contributed by atoms with Gasteiger partial charge in [0.1, 0.15) is 17.9 Å². The molecule has 8 heteroatoms. The van der Waals surface area contributed by atoms with Crippen LogP contribution in [0.15, 0.2) is 36.7 Å². The number of ether oxygens (including phenoxy) is 2. The molecule has 0 saturated carbocycles. The zero-order chi connectivity index (χ0) is 21.5. The third-order valence-electron chi connectivity index (χ3n) is 4.68. The number of phenolic OH excluding ortho intramolecular Hbond substituents is 1. The van der Waals surface area contributed by atoms with Crippen molar-refractivity contribution in [2.75, 3.05) is 39.2 Å². The molecule has 0 aliphatic carbocycles. The highest BCUT2D eigenvalue weighted by Gasteiger charge is 2.12. The Morgan fingerprint density at radius 1 is 1.13 bits per heavy atom. The molecule has 0 unspecified atom stereocenters. The Hall–Kier alpha value is -2.77. The summed E-state index contributed by atoms with van der Waals surface area (Å²) in [6, 6.07) is 8.61. The number of halogens is 1. The lowest BCUT2D eigenvalue weighted by Crippen LogP contribution is -2.21. The Morgan fingerprint density at radius 3 is 2.70 bits per heavy atom. The van der Waals surface area contributed by atoms with Crippen LogP contribution in [0.3, 0.4) is 0 Å². The first-order valence-corrected chi connectivity index (χ1v) is 10.3. The van der Waals surface area contributed by atoms with E-state index in [1.165, 1.54) is 12.4 Å². The molecule has 1 aromatic heterocycles. The number of anilines is 2. The number of benzene rings is 2. The summed E-state index contributed by atoms with van der Waals surface area (Å²) in [5.74, 6) is 1.91. The summed E-state index contributed by atoms with van der Waals surface area (Å²) in [6.07, 6.45) is 3.54. The van der Waals surface area contributed by atoms with Crippen LogP contribution in [0.25, 0.3) is 10.9 Å². The number of nitrogens with one attached hydrogen (secondary N) is 1. The van der Waals surface area contributed by atoms with Crippen LogP contribution in [-0.4, -0.2) is 53.8 Å². The summed E-state index contributed by atoms with van der Waals surface area (Å²) >= 11 is 6.01. The van der Waals surface area contributed by atoms with E-state index in [2.05, 4.69) is 34.2 Å². The molecule has 0 amide bonds. The number of methoxy groups -OCH3 is 1. The van der Waals surface area contributed by atoms with Crippen LogP contribution in [0.1, 0.15) is 19.8 Å². The lowest BCUT2D eigenvalue weighted by molar-refractivity contribution is 0.254. The van der Waals surface area contributed by atoms with Gasteiger partial charge in [0, 0.05) is 23.7 Å². The molecule has 3 rings (SSSR count). The number of rotatable bonds is 10. The zero-order valence-corrected chi connectivity index (χ0v) is 18.2. The smallest absolute Gasteiger partial charge is 0.162 e. The highest BCUT2D eigenvalue weighted by Crippen LogP contribution is 2.35. The predicted molar refractivity (Wildman–Crippen MR) is 120 cm³/mol. The Balaban J connectivity index is 1.81. The molecule has 0 atom stereocenters. The molecule has 160 valence electrons. The van der Waals surface area contributed by atoms with E-state index >= 15 is 0 Å². The van der Waals surface area contributed by atoms with Crippen molar-refractivity contribution in [2.45, 2.75) is 19.8 Å². The van der Waals surface area contributed by atoms with Gasteiger partial charge >= 0.3 is 0 Å². The first kappa shape index (κ1) is 21.9. The van der Waals surface area contributed by atoms with Crippen LogP contribution >= 0.6 is 11.6 Å². The average molecular weight is 431 g/mol. The molecule has 2 N–H and O–H groups in total. The van der Waals surface area contributed by atoms with Crippen molar-refractivity contribution < 1.29 is 14.6 Å². The van der Waals surface area contributed by atoms with Gasteiger partial charge in [0.05, 0.1) is 24.3 Å². The fourth-order valence-corrected chi connectivity index (χ4v) is 3.35. The maximum absolute atomic E-state index is 9.62. The van der Waals surface area contributed by atoms with E-state index in [9.17, 15) is 5.11 Å². The predicted octanol–water partition coefficient (Wildman–Crippen LogP) is 4.85. The summed E-state index contributed by atoms with van der Waals surface area (Å²) < 4.78 is 11.5. The van der Waals surface area contributed by atoms with E-state index in [-0.39, 0.29) is 10.8 Å². The maximum Gasteiger partial charge on any atom is 0.162 e. The lowest BCUT2D eigenvalue weighted by atomic mass is 10.2. The van der Waals surface area contributed by atoms with Crippen molar-refractivity contribution in [1.82, 2.24) is 14.9 Å². The fraction of sp³-hybridized carbons (Fsp3) is 0.364. The third-order valence-corrected chi connectivity index (χ3v) is 4.98. The Kier molecular flexibility index (Phi) is 7.54. The highest BCUT2D eigenvalue weighted by atomic mass is 35.5. The molecule has 0 aliphatic heterocycles. The van der Waals surface area contributed by atoms with Gasteiger partial charge in [0.2, 0.25) is 0 Å². The molecule has 2 aromatic carbocycles. The number of phenols is 1. The average Bonchev–Trinajstić information content (AvgIpc) is 2.74. The number of fused-ring (bicyclic) bond motifs is 1. The molecule has 0 spiro atoms. The molecule has 7 nitrogen and oxygen atoms in total. The van der Waals surface area contributed by atoms with E-state index < -0.39 is 0 Å². The van der Waals surface area contributed by atoms with Crippen molar-refractivity contribution in [3.63, 3.8) is 0 Å². The van der Waals surface area contributed by atoms with Crippen LogP contribution in [0.4, 0.5) is 11.5 Å². The molecule has 3 aromatic rings. The van der Waals surface area contributed by atoms with Gasteiger partial charge in [-0.05, 0) is 50.7 Å². The number of aromatic nitrogens is 2. The topological polar surface area (TPSA) is 79.7 Å². The monoisotopic (exact) mass is 430 g/mol. The zero-order valence-electron chi connectivity index (χ0n) is 17.5. The van der Waals surface area contributed by atoms with Gasteiger partial charge in [-0.1, -0.05) is 18.5 Å². The van der Waals surface area contributed by atoms with Gasteiger partial charge in [0.15, 0.2) is 11.5 Å². The minimum Gasteiger partial charge on any atom is -0.506 e. The second kappa shape index (κ2) is 10.3. The van der Waals surface area contributed by atoms with Crippen molar-refractivity contribution in [2.24, 2.45) is 0 Å². The summed E-state index contributed by atoms with van der Waals surface area (Å²) in [4.78, 5) is 11.0. The van der Waals surface area contributed by atoms with Crippen molar-refractivity contribution in [1.29, 1.82) is 0 Å². The third kappa shape index (κ3) is 5.43. The Labute approximate surface area is 181 Å². The molecular formula is C22H27ClN4O3. The van der Waals surface area contributed by atoms with Gasteiger partial charge in [-0.25, -0.2) is 9.97 Å². The normalized spacial score (nSPS) is 11.1. The summed E-state index contributed by atoms with van der Waals surface area (Å²) in [5, 5.41) is 13.9. The number of aromatic hydroxyl groups is 1. The number of hydrogen-bond acceptors (Lipinski definition) is 7. The standard InChI is InChI=1S/C22H27ClN4O3/c1-4-8-27(2)9-5-10-30-21-12-16-18(13-20(21)29-3)24-14-25-22(16)26-15-6-7-19(28)17(23)11-15/h6-7,11-14,28H,4-5,8-10H2,1-3H3,(H,24,25,26). The second-order valence-electron chi connectivity index (χ2n) is 7.04. The van der Waals surface area contributed by atoms with Gasteiger partial charge in [0.25, 0.3) is 0 Å². The van der Waals surface area contributed by atoms with Gasteiger partial charge < -0.3 is 24.8 Å². The van der Waals surface area contributed by atoms with Gasteiger partial charge in [-0.3, -0.25) is 0 Å². The minimum absolute atomic E-state index is 0.0276. The largest absolute Gasteiger partial charge is 0.506 e. The van der Waals surface area contributed by atoms with E-state index in [0.29, 0.717) is 29.6 Å². The Bertz CT molecular complexity index is 1000. The molecule has 30 heavy (non-hydrogen) atoms. The van der Waals surface area contributed by atoms with Crippen molar-refractivity contribution in [3.8, 4) is 17.2 Å². The molecule has 0 bridgehead atoms. The number of nitrogens with zero attached hydrogens (tertiary/aromatic N) is 3. The minimum atomic E-state index is 0.0276. The molecule has 0 fully saturated rings. The summed E-state index contributed by atoms with van der Waals surface area (Å²) in [7, 11) is 3.73. The quantitative estimate of drug-likeness (QED) is 0.351. The van der Waals surface area contributed by atoms with Crippen molar-refractivity contribution >= 4 is 34.0 Å². The lowest BCUT2D eigenvalue weighted by Gasteiger charge is -2.17. The summed E-state index contributed by atoms with van der Waals surface area (Å²) in [5.41, 5.74) is 1.43. The first-order chi connectivity index (χ1) is 14.5. The molecular weight excluding hydrogens is 404 g/mol. The first-order valence-electron chi connectivity index (χ1n) is 9.91. The summed E-state index contributed by atoms with van der Waals surface area (Å²) in [6.45, 7) is 4.81. The van der Waals surface area contributed by atoms with Crippen LogP contribution in [-0.2, 0) is 0 Å².